The number of nitrogens with two attached hydrogens (primary N) is 1. The number of hydrogen-bond donors (Lipinski definition) is 2. The Bertz CT molecular complexity index is 493. The number of benzene rings is 1. The maximum atomic E-state index is 12.4. The SMILES string of the molecule is C[NH+]1CCN(S(=O)(=O)c2ccccc2N)CC1. The molecule has 0 saturated carbocycles. The van der Waals surface area contributed by atoms with Gasteiger partial charge in [0, 0.05) is 0 Å². The molecule has 1 aromatic rings. The molecular formula is C11H18N3O2S+. The van der Waals surface area contributed by atoms with Crippen LogP contribution in [0.25, 0.3) is 0 Å². The molecule has 94 valence electrons. The number of sulfonamides is 1. The zero-order chi connectivity index (χ0) is 12.5. The number of piperazine rings is 1. The Morgan fingerprint density at radius 1 is 1.24 bits per heavy atom. The molecule has 0 unspecified atom stereocenters. The fourth-order valence-electron chi connectivity index (χ4n) is 1.96. The van der Waals surface area contributed by atoms with E-state index in [2.05, 4.69) is 7.05 Å². The van der Waals surface area contributed by atoms with Gasteiger partial charge < -0.3 is 10.6 Å². The monoisotopic (exact) mass is 256 g/mol. The van der Waals surface area contributed by atoms with Crippen molar-refractivity contribution in [3.8, 4) is 0 Å². The van der Waals surface area contributed by atoms with E-state index in [0.29, 0.717) is 18.8 Å². The van der Waals surface area contributed by atoms with Crippen molar-refractivity contribution in [2.24, 2.45) is 0 Å². The molecule has 1 heterocycles. The lowest BCUT2D eigenvalue weighted by Gasteiger charge is -2.29. The summed E-state index contributed by atoms with van der Waals surface area (Å²) in [6.07, 6.45) is 0. The Hall–Kier alpha value is -1.11. The fraction of sp³-hybridized carbons (Fsp3) is 0.455. The van der Waals surface area contributed by atoms with Crippen molar-refractivity contribution in [2.75, 3.05) is 39.0 Å². The summed E-state index contributed by atoms with van der Waals surface area (Å²) in [7, 11) is -1.35. The molecule has 0 amide bonds. The third-order valence-corrected chi connectivity index (χ3v) is 5.09. The molecule has 0 bridgehead atoms. The van der Waals surface area contributed by atoms with Crippen LogP contribution in [0.2, 0.25) is 0 Å². The van der Waals surface area contributed by atoms with E-state index < -0.39 is 10.0 Å². The van der Waals surface area contributed by atoms with Crippen molar-refractivity contribution in [1.29, 1.82) is 0 Å². The molecule has 5 nitrogen and oxygen atoms in total. The van der Waals surface area contributed by atoms with Gasteiger partial charge in [-0.2, -0.15) is 4.31 Å². The number of nitrogen functional groups attached to an aromatic ring is 1. The average molecular weight is 256 g/mol. The summed E-state index contributed by atoms with van der Waals surface area (Å²) in [5.74, 6) is 0. The van der Waals surface area contributed by atoms with Crippen LogP contribution >= 0.6 is 0 Å². The molecule has 17 heavy (non-hydrogen) atoms. The van der Waals surface area contributed by atoms with Crippen molar-refractivity contribution in [3.05, 3.63) is 24.3 Å². The van der Waals surface area contributed by atoms with Gasteiger partial charge in [-0.05, 0) is 12.1 Å². The summed E-state index contributed by atoms with van der Waals surface area (Å²) < 4.78 is 26.2. The number of nitrogens with zero attached hydrogens (tertiary/aromatic N) is 1. The fourth-order valence-corrected chi connectivity index (χ4v) is 3.52. The normalized spacial score (nSPS) is 19.4. The first-order chi connectivity index (χ1) is 8.01. The minimum atomic E-state index is -3.42. The van der Waals surface area contributed by atoms with Crippen LogP contribution in [0, 0.1) is 0 Å². The molecule has 3 N–H and O–H groups in total. The van der Waals surface area contributed by atoms with E-state index in [-0.39, 0.29) is 4.90 Å². The third-order valence-electron chi connectivity index (χ3n) is 3.11. The van der Waals surface area contributed by atoms with Gasteiger partial charge in [0.2, 0.25) is 10.0 Å². The van der Waals surface area contributed by atoms with Gasteiger partial charge in [0.25, 0.3) is 0 Å². The van der Waals surface area contributed by atoms with Gasteiger partial charge in [-0.1, -0.05) is 12.1 Å². The summed E-state index contributed by atoms with van der Waals surface area (Å²) in [4.78, 5) is 1.58. The van der Waals surface area contributed by atoms with E-state index >= 15 is 0 Å². The van der Waals surface area contributed by atoms with Crippen molar-refractivity contribution in [1.82, 2.24) is 4.31 Å². The van der Waals surface area contributed by atoms with Crippen LogP contribution in [-0.4, -0.2) is 45.9 Å². The highest BCUT2D eigenvalue weighted by atomic mass is 32.2. The van der Waals surface area contributed by atoms with Crippen molar-refractivity contribution in [3.63, 3.8) is 0 Å². The van der Waals surface area contributed by atoms with Crippen molar-refractivity contribution >= 4 is 15.7 Å². The molecule has 2 rings (SSSR count). The number of hydrogen-bond acceptors (Lipinski definition) is 3. The summed E-state index contributed by atoms with van der Waals surface area (Å²) in [6, 6.07) is 6.62. The average Bonchev–Trinajstić information content (AvgIpc) is 2.30. The number of para-hydroxylation sites is 1. The first-order valence-corrected chi connectivity index (χ1v) is 7.12. The van der Waals surface area contributed by atoms with Gasteiger partial charge in [0.1, 0.15) is 4.90 Å². The van der Waals surface area contributed by atoms with Crippen LogP contribution in [-0.2, 0) is 10.0 Å². The highest BCUT2D eigenvalue weighted by Gasteiger charge is 2.30. The van der Waals surface area contributed by atoms with E-state index in [1.54, 1.807) is 24.3 Å². The lowest BCUT2D eigenvalue weighted by Crippen LogP contribution is -3.12. The number of rotatable bonds is 2. The van der Waals surface area contributed by atoms with Gasteiger partial charge in [-0.3, -0.25) is 0 Å². The number of anilines is 1. The predicted molar refractivity (Wildman–Crippen MR) is 66.2 cm³/mol. The lowest BCUT2D eigenvalue weighted by atomic mass is 10.3. The second-order valence-corrected chi connectivity index (χ2v) is 6.31. The first-order valence-electron chi connectivity index (χ1n) is 5.68. The minimum absolute atomic E-state index is 0.222. The molecule has 0 aromatic heterocycles. The van der Waals surface area contributed by atoms with Gasteiger partial charge >= 0.3 is 0 Å². The molecule has 0 spiro atoms. The van der Waals surface area contributed by atoms with Gasteiger partial charge in [0.05, 0.1) is 38.9 Å². The second-order valence-electron chi connectivity index (χ2n) is 4.40. The van der Waals surface area contributed by atoms with Gasteiger partial charge in [-0.25, -0.2) is 8.42 Å². The van der Waals surface area contributed by atoms with Gasteiger partial charge in [-0.15, -0.1) is 0 Å². The zero-order valence-corrected chi connectivity index (χ0v) is 10.7. The smallest absolute Gasteiger partial charge is 0.245 e. The van der Waals surface area contributed by atoms with Crippen LogP contribution in [0.3, 0.4) is 0 Å². The van der Waals surface area contributed by atoms with Crippen LogP contribution in [0.4, 0.5) is 5.69 Å². The van der Waals surface area contributed by atoms with Crippen molar-refractivity contribution < 1.29 is 13.3 Å². The highest BCUT2D eigenvalue weighted by molar-refractivity contribution is 7.89. The second kappa shape index (κ2) is 4.64. The van der Waals surface area contributed by atoms with Crippen LogP contribution < -0.4 is 10.6 Å². The van der Waals surface area contributed by atoms with E-state index in [4.69, 9.17) is 5.73 Å². The van der Waals surface area contributed by atoms with E-state index in [9.17, 15) is 8.42 Å². The zero-order valence-electron chi connectivity index (χ0n) is 9.89. The minimum Gasteiger partial charge on any atom is -0.398 e. The largest absolute Gasteiger partial charge is 0.398 e. The molecule has 1 saturated heterocycles. The Morgan fingerprint density at radius 2 is 1.82 bits per heavy atom. The van der Waals surface area contributed by atoms with Crippen LogP contribution in [0.1, 0.15) is 0 Å². The molecule has 1 aliphatic rings. The summed E-state index contributed by atoms with van der Waals surface area (Å²) in [5, 5.41) is 0. The molecule has 1 aliphatic heterocycles. The van der Waals surface area contributed by atoms with Crippen LogP contribution in [0.5, 0.6) is 0 Å². The Morgan fingerprint density at radius 3 is 2.41 bits per heavy atom. The Balaban J connectivity index is 2.28. The Kier molecular flexibility index (Phi) is 3.37. The highest BCUT2D eigenvalue weighted by Crippen LogP contribution is 2.21. The van der Waals surface area contributed by atoms with Gasteiger partial charge in [0.15, 0.2) is 0 Å². The van der Waals surface area contributed by atoms with Crippen LogP contribution in [0.15, 0.2) is 29.2 Å². The summed E-state index contributed by atoms with van der Waals surface area (Å²) >= 11 is 0. The molecule has 0 aliphatic carbocycles. The Labute approximate surface area is 102 Å². The molecule has 0 radical (unpaired) electrons. The predicted octanol–water partition coefficient (Wildman–Crippen LogP) is -1.21. The summed E-state index contributed by atoms with van der Waals surface area (Å²) in [6.45, 7) is 2.79. The van der Waals surface area contributed by atoms with E-state index in [0.717, 1.165) is 13.1 Å². The maximum Gasteiger partial charge on any atom is 0.245 e. The topological polar surface area (TPSA) is 67.8 Å². The lowest BCUT2D eigenvalue weighted by molar-refractivity contribution is -0.883. The quantitative estimate of drug-likeness (QED) is 0.652. The van der Waals surface area contributed by atoms with E-state index in [1.165, 1.54) is 9.21 Å². The number of nitrogens with one attached hydrogen (secondary N) is 1. The molecule has 1 aromatic carbocycles. The summed E-state index contributed by atoms with van der Waals surface area (Å²) in [5.41, 5.74) is 6.05. The van der Waals surface area contributed by atoms with E-state index in [1.807, 2.05) is 0 Å². The molecular weight excluding hydrogens is 238 g/mol. The molecule has 1 fully saturated rings. The third kappa shape index (κ3) is 2.43. The number of quaternary nitrogens is 1. The maximum absolute atomic E-state index is 12.4. The molecule has 6 heteroatoms. The van der Waals surface area contributed by atoms with Crippen molar-refractivity contribution in [2.45, 2.75) is 4.90 Å². The molecule has 0 atom stereocenters. The standard InChI is InChI=1S/C11H17N3O2S/c1-13-6-8-14(9-7-13)17(15,16)11-5-3-2-4-10(11)12/h2-5H,6-9,12H2,1H3/p+1. The first kappa shape index (κ1) is 12.3. The number of likely N-dealkylation sites (N-methyl/N-ethyl adjacent to an activating group) is 1.